The Morgan fingerprint density at radius 1 is 0.973 bits per heavy atom. The van der Waals surface area contributed by atoms with Crippen molar-refractivity contribution in [3.63, 3.8) is 0 Å². The van der Waals surface area contributed by atoms with Crippen LogP contribution in [0.15, 0.2) is 48.5 Å². The summed E-state index contributed by atoms with van der Waals surface area (Å²) in [5, 5.41) is 2.90. The fourth-order valence-electron chi connectivity index (χ4n) is 3.77. The van der Waals surface area contributed by atoms with Gasteiger partial charge in [-0.15, -0.1) is 0 Å². The van der Waals surface area contributed by atoms with Gasteiger partial charge in [0.2, 0.25) is 21.8 Å². The van der Waals surface area contributed by atoms with E-state index in [1.165, 1.54) is 16.3 Å². The highest BCUT2D eigenvalue weighted by Gasteiger charge is 2.27. The van der Waals surface area contributed by atoms with E-state index in [2.05, 4.69) is 5.32 Å². The fourth-order valence-corrected chi connectivity index (χ4v) is 4.73. The van der Waals surface area contributed by atoms with Crippen molar-refractivity contribution in [1.82, 2.24) is 10.2 Å². The van der Waals surface area contributed by atoms with E-state index in [4.69, 9.17) is 9.47 Å². The highest BCUT2D eigenvalue weighted by molar-refractivity contribution is 7.92. The standard InChI is InChI=1S/C27H39N3O6S/c1-20(2)18-28-27(32)21(3)29(19-22-10-7-12-24(16-22)35-4)26(31)14-9-15-30(37(6,33)34)23-11-8-13-25(17-23)36-5/h7-8,10-13,16-17,20-21H,9,14-15,18-19H2,1-6H3,(H,28,32)/t21-/m0/s1. The molecule has 204 valence electrons. The van der Waals surface area contributed by atoms with Gasteiger partial charge in [-0.05, 0) is 49.1 Å². The Hall–Kier alpha value is -3.27. The summed E-state index contributed by atoms with van der Waals surface area (Å²) in [5.41, 5.74) is 1.29. The number of carbonyl (C=O) groups excluding carboxylic acids is 2. The van der Waals surface area contributed by atoms with Crippen LogP contribution in [0.2, 0.25) is 0 Å². The van der Waals surface area contributed by atoms with Crippen LogP contribution in [0, 0.1) is 5.92 Å². The summed E-state index contributed by atoms with van der Waals surface area (Å²) in [5.74, 6) is 0.988. The fraction of sp³-hybridized carbons (Fsp3) is 0.481. The predicted octanol–water partition coefficient (Wildman–Crippen LogP) is 3.44. The highest BCUT2D eigenvalue weighted by Crippen LogP contribution is 2.24. The van der Waals surface area contributed by atoms with E-state index in [0.717, 1.165) is 11.8 Å². The van der Waals surface area contributed by atoms with E-state index in [1.807, 2.05) is 38.1 Å². The van der Waals surface area contributed by atoms with E-state index in [0.29, 0.717) is 23.7 Å². The number of nitrogens with zero attached hydrogens (tertiary/aromatic N) is 2. The van der Waals surface area contributed by atoms with Crippen LogP contribution in [0.3, 0.4) is 0 Å². The molecule has 0 bridgehead atoms. The van der Waals surface area contributed by atoms with Crippen molar-refractivity contribution < 1.29 is 27.5 Å². The lowest BCUT2D eigenvalue weighted by molar-refractivity contribution is -0.140. The van der Waals surface area contributed by atoms with E-state index in [-0.39, 0.29) is 43.7 Å². The Morgan fingerprint density at radius 3 is 2.19 bits per heavy atom. The first-order valence-corrected chi connectivity index (χ1v) is 14.1. The second-order valence-corrected chi connectivity index (χ2v) is 11.2. The summed E-state index contributed by atoms with van der Waals surface area (Å²) >= 11 is 0. The number of benzene rings is 2. The second kappa shape index (κ2) is 13.9. The maximum absolute atomic E-state index is 13.4. The zero-order valence-corrected chi connectivity index (χ0v) is 23.4. The lowest BCUT2D eigenvalue weighted by Crippen LogP contribution is -2.48. The summed E-state index contributed by atoms with van der Waals surface area (Å²) in [6, 6.07) is 13.4. The van der Waals surface area contributed by atoms with Crippen LogP contribution in [0.5, 0.6) is 11.5 Å². The first-order chi connectivity index (χ1) is 17.5. The van der Waals surface area contributed by atoms with Crippen LogP contribution < -0.4 is 19.1 Å². The molecule has 2 amide bonds. The maximum Gasteiger partial charge on any atom is 0.242 e. The van der Waals surface area contributed by atoms with Crippen LogP contribution >= 0.6 is 0 Å². The van der Waals surface area contributed by atoms with Gasteiger partial charge >= 0.3 is 0 Å². The van der Waals surface area contributed by atoms with Crippen molar-refractivity contribution in [2.75, 3.05) is 37.9 Å². The average molecular weight is 534 g/mol. The van der Waals surface area contributed by atoms with Crippen molar-refractivity contribution in [2.45, 2.75) is 46.2 Å². The molecule has 0 aliphatic rings. The van der Waals surface area contributed by atoms with E-state index in [9.17, 15) is 18.0 Å². The lowest BCUT2D eigenvalue weighted by atomic mass is 10.1. The van der Waals surface area contributed by atoms with Crippen LogP contribution in [0.4, 0.5) is 5.69 Å². The average Bonchev–Trinajstić information content (AvgIpc) is 2.87. The SMILES string of the molecule is COc1cccc(CN(C(=O)CCCN(c2cccc(OC)c2)S(C)(=O)=O)[C@@H](C)C(=O)NCC(C)C)c1. The topological polar surface area (TPSA) is 105 Å². The molecule has 0 aliphatic carbocycles. The number of amides is 2. The van der Waals surface area contributed by atoms with Crippen molar-refractivity contribution in [3.05, 3.63) is 54.1 Å². The first kappa shape index (κ1) is 30.0. The van der Waals surface area contributed by atoms with Gasteiger partial charge in [0.25, 0.3) is 0 Å². The molecule has 2 rings (SSSR count). The van der Waals surface area contributed by atoms with Gasteiger partial charge in [-0.25, -0.2) is 8.42 Å². The van der Waals surface area contributed by atoms with Gasteiger partial charge in [0.05, 0.1) is 26.2 Å². The minimum absolute atomic E-state index is 0.0712. The van der Waals surface area contributed by atoms with Gasteiger partial charge in [-0.1, -0.05) is 32.0 Å². The Morgan fingerprint density at radius 2 is 1.59 bits per heavy atom. The molecule has 0 fully saturated rings. The minimum Gasteiger partial charge on any atom is -0.497 e. The van der Waals surface area contributed by atoms with Gasteiger partial charge in [0, 0.05) is 32.1 Å². The first-order valence-electron chi connectivity index (χ1n) is 12.3. The monoisotopic (exact) mass is 533 g/mol. The predicted molar refractivity (Wildman–Crippen MR) is 145 cm³/mol. The van der Waals surface area contributed by atoms with Gasteiger partial charge in [-0.3, -0.25) is 13.9 Å². The number of carbonyl (C=O) groups is 2. The maximum atomic E-state index is 13.4. The molecule has 0 unspecified atom stereocenters. The molecule has 9 nitrogen and oxygen atoms in total. The van der Waals surface area contributed by atoms with Crippen molar-refractivity contribution in [2.24, 2.45) is 5.92 Å². The number of anilines is 1. The van der Waals surface area contributed by atoms with Crippen molar-refractivity contribution in [3.8, 4) is 11.5 Å². The molecule has 10 heteroatoms. The number of methoxy groups -OCH3 is 2. The number of sulfonamides is 1. The molecule has 1 N–H and O–H groups in total. The molecular formula is C27H39N3O6S. The van der Waals surface area contributed by atoms with Crippen LogP contribution in [-0.2, 0) is 26.2 Å². The summed E-state index contributed by atoms with van der Waals surface area (Å²) in [4.78, 5) is 27.7. The van der Waals surface area contributed by atoms with Crippen LogP contribution in [-0.4, -0.2) is 64.7 Å². The largest absolute Gasteiger partial charge is 0.497 e. The zero-order chi connectivity index (χ0) is 27.6. The van der Waals surface area contributed by atoms with Crippen LogP contribution in [0.1, 0.15) is 39.2 Å². The molecule has 0 spiro atoms. The second-order valence-electron chi connectivity index (χ2n) is 9.33. The van der Waals surface area contributed by atoms with Crippen LogP contribution in [0.25, 0.3) is 0 Å². The number of hydrogen-bond acceptors (Lipinski definition) is 6. The molecule has 2 aromatic rings. The number of hydrogen-bond donors (Lipinski definition) is 1. The Labute approximate surface area is 220 Å². The zero-order valence-electron chi connectivity index (χ0n) is 22.6. The minimum atomic E-state index is -3.59. The molecule has 0 heterocycles. The molecule has 37 heavy (non-hydrogen) atoms. The third-order valence-electron chi connectivity index (χ3n) is 5.83. The number of rotatable bonds is 14. The Bertz CT molecular complexity index is 1150. The third-order valence-corrected chi connectivity index (χ3v) is 7.03. The van der Waals surface area contributed by atoms with Crippen molar-refractivity contribution >= 4 is 27.5 Å². The molecular weight excluding hydrogens is 494 g/mol. The van der Waals surface area contributed by atoms with E-state index in [1.54, 1.807) is 38.3 Å². The summed E-state index contributed by atoms with van der Waals surface area (Å²) in [6.07, 6.45) is 1.48. The van der Waals surface area contributed by atoms with Gasteiger partial charge in [0.15, 0.2) is 0 Å². The molecule has 0 saturated carbocycles. The quantitative estimate of drug-likeness (QED) is 0.399. The highest BCUT2D eigenvalue weighted by atomic mass is 32.2. The summed E-state index contributed by atoms with van der Waals surface area (Å²) in [6.45, 7) is 6.54. The Kier molecular flexibility index (Phi) is 11.2. The van der Waals surface area contributed by atoms with Gasteiger partial charge in [0.1, 0.15) is 17.5 Å². The molecule has 0 aromatic heterocycles. The summed E-state index contributed by atoms with van der Waals surface area (Å²) in [7, 11) is -0.507. The van der Waals surface area contributed by atoms with Gasteiger partial charge in [-0.2, -0.15) is 0 Å². The normalized spacial score (nSPS) is 12.1. The number of nitrogens with one attached hydrogen (secondary N) is 1. The molecule has 1 atom stereocenters. The lowest BCUT2D eigenvalue weighted by Gasteiger charge is -2.30. The summed E-state index contributed by atoms with van der Waals surface area (Å²) < 4.78 is 36.8. The van der Waals surface area contributed by atoms with Gasteiger partial charge < -0.3 is 19.7 Å². The molecule has 0 radical (unpaired) electrons. The molecule has 0 saturated heterocycles. The smallest absolute Gasteiger partial charge is 0.242 e. The third kappa shape index (κ3) is 9.27. The van der Waals surface area contributed by atoms with E-state index >= 15 is 0 Å². The number of ether oxygens (including phenoxy) is 2. The van der Waals surface area contributed by atoms with E-state index < -0.39 is 16.1 Å². The molecule has 2 aromatic carbocycles. The Balaban J connectivity index is 2.19. The molecule has 0 aliphatic heterocycles. The van der Waals surface area contributed by atoms with Crippen molar-refractivity contribution in [1.29, 1.82) is 0 Å².